The molecule has 0 heterocycles. The average Bonchev–Trinajstić information content (AvgIpc) is 1.94. The van der Waals surface area contributed by atoms with E-state index in [1.807, 2.05) is 0 Å². The number of halogens is 5. The molecule has 0 bridgehead atoms. The van der Waals surface area contributed by atoms with E-state index >= 15 is 0 Å². The van der Waals surface area contributed by atoms with Crippen LogP contribution in [0.2, 0.25) is 0 Å². The molecule has 0 saturated carbocycles. The molecule has 0 unspecified atom stereocenters. The van der Waals surface area contributed by atoms with Gasteiger partial charge in [0.25, 0.3) is 0 Å². The third-order valence-electron chi connectivity index (χ3n) is 1.36. The highest BCUT2D eigenvalue weighted by Crippen LogP contribution is 2.35. The van der Waals surface area contributed by atoms with Gasteiger partial charge in [-0.2, -0.15) is 13.2 Å². The van der Waals surface area contributed by atoms with Gasteiger partial charge in [-0.05, 0) is 28.1 Å². The van der Waals surface area contributed by atoms with E-state index in [1.165, 1.54) is 0 Å². The van der Waals surface area contributed by atoms with Crippen molar-refractivity contribution in [2.24, 2.45) is 0 Å². The fourth-order valence-corrected chi connectivity index (χ4v) is 1.29. The molecule has 0 saturated heterocycles. The van der Waals surface area contributed by atoms with Crippen molar-refractivity contribution in [1.82, 2.24) is 0 Å². The van der Waals surface area contributed by atoms with Crippen LogP contribution in [0.25, 0.3) is 0 Å². The number of nitrogens with two attached hydrogens (primary N) is 1. The van der Waals surface area contributed by atoms with Crippen molar-refractivity contribution in [2.75, 3.05) is 5.73 Å². The molecular weight excluding hydrogens is 254 g/mol. The normalized spacial score (nSPS) is 11.8. The SMILES string of the molecule is Nc1cc(Br)c(F)c(C(F)(F)F)c1. The molecule has 0 aromatic heterocycles. The van der Waals surface area contributed by atoms with E-state index in [1.54, 1.807) is 0 Å². The topological polar surface area (TPSA) is 26.0 Å². The molecule has 0 aliphatic heterocycles. The molecule has 1 rings (SSSR count). The number of hydrogen-bond donors (Lipinski definition) is 1. The van der Waals surface area contributed by atoms with Gasteiger partial charge in [-0.1, -0.05) is 0 Å². The minimum absolute atomic E-state index is 0.138. The summed E-state index contributed by atoms with van der Waals surface area (Å²) in [5.74, 6) is -1.35. The molecule has 0 aliphatic rings. The molecule has 1 aromatic rings. The minimum Gasteiger partial charge on any atom is -0.399 e. The number of benzene rings is 1. The van der Waals surface area contributed by atoms with Crippen LogP contribution < -0.4 is 5.73 Å². The van der Waals surface area contributed by atoms with E-state index in [4.69, 9.17) is 5.73 Å². The lowest BCUT2D eigenvalue weighted by molar-refractivity contribution is -0.140. The van der Waals surface area contributed by atoms with Gasteiger partial charge in [0.05, 0.1) is 10.0 Å². The zero-order chi connectivity index (χ0) is 10.2. The summed E-state index contributed by atoms with van der Waals surface area (Å²) in [7, 11) is 0. The highest BCUT2D eigenvalue weighted by molar-refractivity contribution is 9.10. The van der Waals surface area contributed by atoms with Gasteiger partial charge in [0.1, 0.15) is 5.82 Å². The molecule has 1 nitrogen and oxygen atoms in total. The van der Waals surface area contributed by atoms with Crippen LogP contribution in [0.5, 0.6) is 0 Å². The summed E-state index contributed by atoms with van der Waals surface area (Å²) in [6.07, 6.45) is -4.72. The van der Waals surface area contributed by atoms with Gasteiger partial charge in [-0.25, -0.2) is 4.39 Å². The third-order valence-corrected chi connectivity index (χ3v) is 1.93. The first-order chi connectivity index (χ1) is 5.82. The highest BCUT2D eigenvalue weighted by atomic mass is 79.9. The van der Waals surface area contributed by atoms with Crippen LogP contribution in [0.4, 0.5) is 23.2 Å². The molecule has 72 valence electrons. The third kappa shape index (κ3) is 2.12. The van der Waals surface area contributed by atoms with Gasteiger partial charge in [0, 0.05) is 5.69 Å². The van der Waals surface area contributed by atoms with Crippen molar-refractivity contribution in [1.29, 1.82) is 0 Å². The Labute approximate surface area is 79.7 Å². The molecule has 0 fully saturated rings. The standard InChI is InChI=1S/C7H4BrF4N/c8-5-2-3(13)1-4(6(5)9)7(10,11)12/h1-2H,13H2. The Morgan fingerprint density at radius 2 is 1.77 bits per heavy atom. The van der Waals surface area contributed by atoms with E-state index in [-0.39, 0.29) is 10.2 Å². The minimum atomic E-state index is -4.72. The smallest absolute Gasteiger partial charge is 0.399 e. The lowest BCUT2D eigenvalue weighted by Crippen LogP contribution is -2.09. The molecule has 0 amide bonds. The maximum absolute atomic E-state index is 12.9. The molecule has 0 atom stereocenters. The molecule has 13 heavy (non-hydrogen) atoms. The van der Waals surface area contributed by atoms with Crippen LogP contribution in [-0.4, -0.2) is 0 Å². The maximum atomic E-state index is 12.9. The number of rotatable bonds is 0. The van der Waals surface area contributed by atoms with E-state index in [9.17, 15) is 17.6 Å². The van der Waals surface area contributed by atoms with Gasteiger partial charge in [0.15, 0.2) is 0 Å². The second-order valence-corrected chi connectivity index (χ2v) is 3.22. The van der Waals surface area contributed by atoms with Crippen LogP contribution in [0.3, 0.4) is 0 Å². The van der Waals surface area contributed by atoms with Crippen LogP contribution in [0, 0.1) is 5.82 Å². The first-order valence-corrected chi connectivity index (χ1v) is 3.93. The highest BCUT2D eigenvalue weighted by Gasteiger charge is 2.35. The fraction of sp³-hybridized carbons (Fsp3) is 0.143. The molecule has 0 aliphatic carbocycles. The Balaban J connectivity index is 3.37. The van der Waals surface area contributed by atoms with Crippen molar-refractivity contribution < 1.29 is 17.6 Å². The Hall–Kier alpha value is -0.780. The summed E-state index contributed by atoms with van der Waals surface area (Å²) in [4.78, 5) is 0. The van der Waals surface area contributed by atoms with Crippen molar-refractivity contribution in [2.45, 2.75) is 6.18 Å². The first-order valence-electron chi connectivity index (χ1n) is 3.14. The number of hydrogen-bond acceptors (Lipinski definition) is 1. The van der Waals surface area contributed by atoms with Crippen molar-refractivity contribution in [3.05, 3.63) is 28.0 Å². The summed E-state index contributed by atoms with van der Waals surface area (Å²) in [6.45, 7) is 0. The van der Waals surface area contributed by atoms with Gasteiger partial charge < -0.3 is 5.73 Å². The van der Waals surface area contributed by atoms with E-state index < -0.39 is 17.6 Å². The number of nitrogen functional groups attached to an aromatic ring is 1. The lowest BCUT2D eigenvalue weighted by Gasteiger charge is -2.09. The summed E-state index contributed by atoms with van der Waals surface area (Å²) >= 11 is 2.63. The number of alkyl halides is 3. The van der Waals surface area contributed by atoms with E-state index in [2.05, 4.69) is 15.9 Å². The predicted molar refractivity (Wildman–Crippen MR) is 43.5 cm³/mol. The average molecular weight is 258 g/mol. The molecule has 0 spiro atoms. The maximum Gasteiger partial charge on any atom is 0.419 e. The van der Waals surface area contributed by atoms with Crippen molar-refractivity contribution >= 4 is 21.6 Å². The largest absolute Gasteiger partial charge is 0.419 e. The Bertz CT molecular complexity index is 334. The van der Waals surface area contributed by atoms with Crippen molar-refractivity contribution in [3.8, 4) is 0 Å². The summed E-state index contributed by atoms with van der Waals surface area (Å²) in [5.41, 5.74) is 3.63. The molecule has 1 aromatic carbocycles. The quantitative estimate of drug-likeness (QED) is 0.561. The monoisotopic (exact) mass is 257 g/mol. The Kier molecular flexibility index (Phi) is 2.51. The molecular formula is C7H4BrF4N. The molecule has 0 radical (unpaired) electrons. The predicted octanol–water partition coefficient (Wildman–Crippen LogP) is 3.19. The lowest BCUT2D eigenvalue weighted by atomic mass is 10.2. The van der Waals surface area contributed by atoms with Gasteiger partial charge in [0.2, 0.25) is 0 Å². The van der Waals surface area contributed by atoms with Crippen molar-refractivity contribution in [3.63, 3.8) is 0 Å². The van der Waals surface area contributed by atoms with Crippen LogP contribution >= 0.6 is 15.9 Å². The van der Waals surface area contributed by atoms with Gasteiger partial charge >= 0.3 is 6.18 Å². The van der Waals surface area contributed by atoms with Gasteiger partial charge in [-0.3, -0.25) is 0 Å². The Morgan fingerprint density at radius 1 is 1.23 bits per heavy atom. The van der Waals surface area contributed by atoms with Crippen LogP contribution in [0.15, 0.2) is 16.6 Å². The Morgan fingerprint density at radius 3 is 2.23 bits per heavy atom. The zero-order valence-corrected chi connectivity index (χ0v) is 7.71. The second-order valence-electron chi connectivity index (χ2n) is 2.36. The van der Waals surface area contributed by atoms with E-state index in [0.29, 0.717) is 6.07 Å². The zero-order valence-electron chi connectivity index (χ0n) is 6.12. The second kappa shape index (κ2) is 3.17. The van der Waals surface area contributed by atoms with Gasteiger partial charge in [-0.15, -0.1) is 0 Å². The fourth-order valence-electron chi connectivity index (χ4n) is 0.816. The van der Waals surface area contributed by atoms with E-state index in [0.717, 1.165) is 6.07 Å². The summed E-state index contributed by atoms with van der Waals surface area (Å²) in [5, 5.41) is 0. The number of anilines is 1. The van der Waals surface area contributed by atoms with Crippen LogP contribution in [-0.2, 0) is 6.18 Å². The molecule has 2 N–H and O–H groups in total. The first kappa shape index (κ1) is 10.3. The van der Waals surface area contributed by atoms with Crippen LogP contribution in [0.1, 0.15) is 5.56 Å². The molecule has 6 heteroatoms. The summed E-state index contributed by atoms with van der Waals surface area (Å²) in [6, 6.07) is 1.63. The summed E-state index contributed by atoms with van der Waals surface area (Å²) < 4.78 is 48.8.